The second kappa shape index (κ2) is 11.4. The Morgan fingerprint density at radius 2 is 1.77 bits per heavy atom. The molecule has 202 valence electrons. The molecule has 4 rings (SSSR count). The number of nitrogens with one attached hydrogen (secondary N) is 2. The summed E-state index contributed by atoms with van der Waals surface area (Å²) >= 11 is 0. The van der Waals surface area contributed by atoms with E-state index in [1.807, 2.05) is 19.1 Å². The molecule has 0 aliphatic rings. The minimum atomic E-state index is -0.599. The molecule has 0 aliphatic carbocycles. The van der Waals surface area contributed by atoms with Crippen LogP contribution < -0.4 is 10.6 Å². The maximum Gasteiger partial charge on any atom is 0.112 e. The van der Waals surface area contributed by atoms with Gasteiger partial charge < -0.3 is 10.6 Å². The standard InChI is InChI=1S/C30H30FN9/c1-18(11-31)40-16-26(38-39-40)29(24-8-6-7-20(12-32)19(24)2)37-23-9-21(13-33)27-25(10-23)28(22(14-34)15-35-27)36-17-30(3,4)5/h6-10,15-16,18,29,37H,11,17H2,1-5H3,(H,35,36)/t18?,29-/m0/s1. The molecule has 0 radical (unpaired) electrons. The molecule has 2 N–H and O–H groups in total. The number of benzene rings is 2. The highest BCUT2D eigenvalue weighted by atomic mass is 19.1. The fraction of sp³-hybridized carbons (Fsp3) is 0.333. The zero-order valence-corrected chi connectivity index (χ0v) is 23.1. The van der Waals surface area contributed by atoms with Crippen molar-refractivity contribution in [3.05, 3.63) is 76.2 Å². The Kier molecular flexibility index (Phi) is 7.98. The van der Waals surface area contributed by atoms with E-state index in [-0.39, 0.29) is 5.41 Å². The zero-order valence-electron chi connectivity index (χ0n) is 23.1. The Hall–Kier alpha value is -5.01. The van der Waals surface area contributed by atoms with E-state index in [2.05, 4.69) is 64.9 Å². The van der Waals surface area contributed by atoms with Crippen LogP contribution in [0.3, 0.4) is 0 Å². The number of anilines is 2. The average molecular weight is 536 g/mol. The summed E-state index contributed by atoms with van der Waals surface area (Å²) in [7, 11) is 0. The van der Waals surface area contributed by atoms with Gasteiger partial charge in [-0.25, -0.2) is 9.07 Å². The van der Waals surface area contributed by atoms with Crippen molar-refractivity contribution in [1.82, 2.24) is 20.0 Å². The topological polar surface area (TPSA) is 139 Å². The number of fused-ring (bicyclic) bond motifs is 1. The van der Waals surface area contributed by atoms with Gasteiger partial charge in [0.1, 0.15) is 24.5 Å². The fourth-order valence-corrected chi connectivity index (χ4v) is 4.37. The Bertz CT molecular complexity index is 1680. The van der Waals surface area contributed by atoms with E-state index in [9.17, 15) is 20.2 Å². The lowest BCUT2D eigenvalue weighted by atomic mass is 9.94. The molecule has 0 saturated carbocycles. The van der Waals surface area contributed by atoms with Crippen molar-refractivity contribution >= 4 is 22.3 Å². The minimum absolute atomic E-state index is 0.0623. The van der Waals surface area contributed by atoms with Gasteiger partial charge in [0, 0.05) is 23.8 Å². The molecule has 0 fully saturated rings. The van der Waals surface area contributed by atoms with Crippen LogP contribution in [0.5, 0.6) is 0 Å². The van der Waals surface area contributed by atoms with Gasteiger partial charge in [-0.15, -0.1) is 5.10 Å². The second-order valence-electron chi connectivity index (χ2n) is 10.9. The lowest BCUT2D eigenvalue weighted by molar-refractivity contribution is 0.351. The third kappa shape index (κ3) is 5.70. The van der Waals surface area contributed by atoms with Gasteiger partial charge in [-0.1, -0.05) is 38.1 Å². The number of halogens is 1. The molecule has 1 unspecified atom stereocenters. The van der Waals surface area contributed by atoms with Gasteiger partial charge in [-0.05, 0) is 48.6 Å². The zero-order chi connectivity index (χ0) is 29.0. The number of nitrogens with zero attached hydrogens (tertiary/aromatic N) is 7. The Morgan fingerprint density at radius 3 is 2.42 bits per heavy atom. The fourth-order valence-electron chi connectivity index (χ4n) is 4.37. The molecule has 0 aliphatic heterocycles. The lowest BCUT2D eigenvalue weighted by Gasteiger charge is -2.23. The molecule has 2 aromatic carbocycles. The monoisotopic (exact) mass is 535 g/mol. The van der Waals surface area contributed by atoms with Gasteiger partial charge in [0.25, 0.3) is 0 Å². The van der Waals surface area contributed by atoms with E-state index in [1.165, 1.54) is 10.9 Å². The summed E-state index contributed by atoms with van der Waals surface area (Å²) < 4.78 is 14.8. The summed E-state index contributed by atoms with van der Waals surface area (Å²) in [5.74, 6) is 0. The summed E-state index contributed by atoms with van der Waals surface area (Å²) in [6.45, 7) is 9.82. The predicted molar refractivity (Wildman–Crippen MR) is 151 cm³/mol. The first kappa shape index (κ1) is 28.0. The molecule has 40 heavy (non-hydrogen) atoms. The predicted octanol–water partition coefficient (Wildman–Crippen LogP) is 5.94. The van der Waals surface area contributed by atoms with Gasteiger partial charge in [0.2, 0.25) is 0 Å². The Balaban J connectivity index is 1.90. The Labute approximate surface area is 232 Å². The van der Waals surface area contributed by atoms with Crippen LogP contribution in [-0.2, 0) is 0 Å². The van der Waals surface area contributed by atoms with Crippen molar-refractivity contribution in [2.45, 2.75) is 46.7 Å². The van der Waals surface area contributed by atoms with Crippen LogP contribution in [0.15, 0.2) is 42.7 Å². The molecule has 9 nitrogen and oxygen atoms in total. The number of nitriles is 3. The van der Waals surface area contributed by atoms with Crippen molar-refractivity contribution in [2.24, 2.45) is 5.41 Å². The summed E-state index contributed by atoms with van der Waals surface area (Å²) in [4.78, 5) is 4.42. The molecule has 2 atom stereocenters. The number of rotatable bonds is 8. The van der Waals surface area contributed by atoms with Crippen LogP contribution in [-0.4, -0.2) is 33.2 Å². The molecule has 2 aromatic heterocycles. The molecule has 4 aromatic rings. The molecule has 2 heterocycles. The minimum Gasteiger partial charge on any atom is -0.383 e. The van der Waals surface area contributed by atoms with Crippen LogP contribution in [0.4, 0.5) is 15.8 Å². The van der Waals surface area contributed by atoms with Crippen molar-refractivity contribution in [1.29, 1.82) is 15.8 Å². The SMILES string of the molecule is Cc1c(C#N)cccc1[C@H](Nc1cc(C#N)c2ncc(C#N)c(NCC(C)(C)C)c2c1)c1cn(C(C)CF)nn1. The largest absolute Gasteiger partial charge is 0.383 e. The molecule has 10 heteroatoms. The third-order valence-electron chi connectivity index (χ3n) is 6.62. The van der Waals surface area contributed by atoms with E-state index in [1.54, 1.807) is 31.3 Å². The van der Waals surface area contributed by atoms with Gasteiger partial charge in [0.15, 0.2) is 0 Å². The molecule has 0 saturated heterocycles. The summed E-state index contributed by atoms with van der Waals surface area (Å²) in [5, 5.41) is 45.4. The van der Waals surface area contributed by atoms with E-state index < -0.39 is 18.8 Å². The highest BCUT2D eigenvalue weighted by Crippen LogP contribution is 2.35. The summed E-state index contributed by atoms with van der Waals surface area (Å²) in [6, 6.07) is 14.5. The van der Waals surface area contributed by atoms with Crippen LogP contribution in [0.25, 0.3) is 10.9 Å². The number of alkyl halides is 1. The first-order valence-electron chi connectivity index (χ1n) is 12.8. The highest BCUT2D eigenvalue weighted by Gasteiger charge is 2.24. The number of aromatic nitrogens is 4. The van der Waals surface area contributed by atoms with Crippen molar-refractivity contribution < 1.29 is 4.39 Å². The highest BCUT2D eigenvalue weighted by molar-refractivity contribution is 5.99. The maximum atomic E-state index is 13.4. The maximum absolute atomic E-state index is 13.4. The van der Waals surface area contributed by atoms with Gasteiger partial charge in [0.05, 0.1) is 52.2 Å². The number of hydrogen-bond donors (Lipinski definition) is 2. The van der Waals surface area contributed by atoms with Gasteiger partial charge in [-0.3, -0.25) is 4.98 Å². The van der Waals surface area contributed by atoms with E-state index in [0.29, 0.717) is 51.2 Å². The van der Waals surface area contributed by atoms with Crippen molar-refractivity contribution in [2.75, 3.05) is 23.9 Å². The number of hydrogen-bond acceptors (Lipinski definition) is 8. The summed E-state index contributed by atoms with van der Waals surface area (Å²) in [6.07, 6.45) is 3.16. The van der Waals surface area contributed by atoms with Crippen molar-refractivity contribution in [3.63, 3.8) is 0 Å². The normalized spacial score (nSPS) is 12.7. The van der Waals surface area contributed by atoms with Gasteiger partial charge in [-0.2, -0.15) is 15.8 Å². The third-order valence-corrected chi connectivity index (χ3v) is 6.62. The molecule has 0 bridgehead atoms. The molecule has 0 amide bonds. The average Bonchev–Trinajstić information content (AvgIpc) is 3.43. The quantitative estimate of drug-likeness (QED) is 0.283. The van der Waals surface area contributed by atoms with Crippen LogP contribution in [0.1, 0.15) is 73.3 Å². The van der Waals surface area contributed by atoms with Gasteiger partial charge >= 0.3 is 0 Å². The smallest absolute Gasteiger partial charge is 0.112 e. The second-order valence-corrected chi connectivity index (χ2v) is 10.9. The van der Waals surface area contributed by atoms with Crippen LogP contribution in [0.2, 0.25) is 0 Å². The van der Waals surface area contributed by atoms with Crippen molar-refractivity contribution in [3.8, 4) is 18.2 Å². The number of pyridine rings is 1. The van der Waals surface area contributed by atoms with E-state index in [0.717, 1.165) is 11.1 Å². The summed E-state index contributed by atoms with van der Waals surface area (Å²) in [5.41, 5.74) is 4.88. The first-order chi connectivity index (χ1) is 19.1. The first-order valence-corrected chi connectivity index (χ1v) is 12.8. The van der Waals surface area contributed by atoms with Crippen LogP contribution in [0, 0.1) is 46.3 Å². The molecule has 0 spiro atoms. The Morgan fingerprint density at radius 1 is 1.05 bits per heavy atom. The van der Waals surface area contributed by atoms with Crippen LogP contribution >= 0.6 is 0 Å². The molecular weight excluding hydrogens is 505 g/mol. The molecular formula is C30H30FN9. The lowest BCUT2D eigenvalue weighted by Crippen LogP contribution is -2.20. The van der Waals surface area contributed by atoms with E-state index >= 15 is 0 Å². The van der Waals surface area contributed by atoms with E-state index in [4.69, 9.17) is 0 Å².